The van der Waals surface area contributed by atoms with Gasteiger partial charge in [-0.25, -0.2) is 4.68 Å². The maximum atomic E-state index is 12.5. The van der Waals surface area contributed by atoms with Crippen LogP contribution in [0.3, 0.4) is 0 Å². The number of amides is 1. The Morgan fingerprint density at radius 1 is 1.19 bits per heavy atom. The van der Waals surface area contributed by atoms with Crippen molar-refractivity contribution in [3.63, 3.8) is 0 Å². The van der Waals surface area contributed by atoms with Crippen LogP contribution in [0.2, 0.25) is 5.02 Å². The molecular formula is C19H17ClN4O3. The van der Waals surface area contributed by atoms with E-state index in [0.717, 1.165) is 11.1 Å². The van der Waals surface area contributed by atoms with Gasteiger partial charge >= 0.3 is 0 Å². The Balaban J connectivity index is 1.34. The van der Waals surface area contributed by atoms with E-state index in [1.54, 1.807) is 41.3 Å². The number of hydrogen-bond acceptors (Lipinski definition) is 4. The van der Waals surface area contributed by atoms with Gasteiger partial charge in [0, 0.05) is 36.7 Å². The van der Waals surface area contributed by atoms with E-state index in [9.17, 15) is 9.59 Å². The summed E-state index contributed by atoms with van der Waals surface area (Å²) in [6, 6.07) is 10.8. The van der Waals surface area contributed by atoms with Crippen molar-refractivity contribution in [1.82, 2.24) is 19.5 Å². The summed E-state index contributed by atoms with van der Waals surface area (Å²) >= 11 is 5.84. The summed E-state index contributed by atoms with van der Waals surface area (Å²) in [7, 11) is 0. The standard InChI is InChI=1S/C19H17ClN4O3/c20-14-5-3-13(4-6-14)11-21-18(25)2-1-8-24-19(26)16-10-17-15(7-9-27-17)23(16)12-22-24/h3-7,9-10,12H,1-2,8,11H2,(H,21,25). The molecule has 0 fully saturated rings. The molecule has 1 amide bonds. The lowest BCUT2D eigenvalue weighted by Crippen LogP contribution is -2.26. The summed E-state index contributed by atoms with van der Waals surface area (Å²) in [6.07, 6.45) is 4.00. The molecule has 138 valence electrons. The molecule has 3 heterocycles. The molecule has 0 unspecified atom stereocenters. The first kappa shape index (κ1) is 17.4. The van der Waals surface area contributed by atoms with Crippen LogP contribution in [0.25, 0.3) is 16.6 Å². The van der Waals surface area contributed by atoms with Crippen LogP contribution < -0.4 is 10.9 Å². The predicted octanol–water partition coefficient (Wildman–Crippen LogP) is 2.99. The van der Waals surface area contributed by atoms with Gasteiger partial charge in [0.05, 0.1) is 11.8 Å². The molecule has 1 N–H and O–H groups in total. The number of benzene rings is 1. The number of fused-ring (bicyclic) bond motifs is 3. The zero-order chi connectivity index (χ0) is 18.8. The van der Waals surface area contributed by atoms with Gasteiger partial charge in [-0.3, -0.25) is 14.0 Å². The van der Waals surface area contributed by atoms with Gasteiger partial charge in [0.25, 0.3) is 5.56 Å². The number of halogens is 1. The maximum absolute atomic E-state index is 12.5. The molecule has 7 nitrogen and oxygen atoms in total. The van der Waals surface area contributed by atoms with Crippen LogP contribution in [0.15, 0.2) is 58.2 Å². The molecule has 4 rings (SSSR count). The number of nitrogens with zero attached hydrogens (tertiary/aromatic N) is 3. The molecule has 0 aliphatic carbocycles. The van der Waals surface area contributed by atoms with Crippen molar-refractivity contribution in [2.75, 3.05) is 0 Å². The summed E-state index contributed by atoms with van der Waals surface area (Å²) in [5.74, 6) is -0.0701. The molecule has 0 radical (unpaired) electrons. The molecular weight excluding hydrogens is 368 g/mol. The minimum absolute atomic E-state index is 0.0701. The third-order valence-corrected chi connectivity index (χ3v) is 4.65. The Labute approximate surface area is 159 Å². The molecule has 1 aromatic carbocycles. The number of aryl methyl sites for hydroxylation is 1. The van der Waals surface area contributed by atoms with Gasteiger partial charge in [-0.15, -0.1) is 0 Å². The van der Waals surface area contributed by atoms with Gasteiger partial charge in [-0.2, -0.15) is 5.10 Å². The fourth-order valence-corrected chi connectivity index (χ4v) is 3.10. The molecule has 0 spiro atoms. The second-order valence-corrected chi connectivity index (χ2v) is 6.67. The van der Waals surface area contributed by atoms with E-state index in [-0.39, 0.29) is 11.5 Å². The third-order valence-electron chi connectivity index (χ3n) is 4.40. The second kappa shape index (κ2) is 7.28. The number of rotatable bonds is 6. The van der Waals surface area contributed by atoms with Gasteiger partial charge < -0.3 is 9.73 Å². The van der Waals surface area contributed by atoms with Crippen molar-refractivity contribution in [1.29, 1.82) is 0 Å². The van der Waals surface area contributed by atoms with E-state index in [4.69, 9.17) is 16.0 Å². The molecule has 0 atom stereocenters. The van der Waals surface area contributed by atoms with Crippen LogP contribution in [0.1, 0.15) is 18.4 Å². The maximum Gasteiger partial charge on any atom is 0.291 e. The molecule has 0 aliphatic rings. The Morgan fingerprint density at radius 3 is 2.81 bits per heavy atom. The van der Waals surface area contributed by atoms with Crippen LogP contribution in [-0.2, 0) is 17.9 Å². The van der Waals surface area contributed by atoms with E-state index in [1.165, 1.54) is 4.68 Å². The van der Waals surface area contributed by atoms with Crippen molar-refractivity contribution < 1.29 is 9.21 Å². The van der Waals surface area contributed by atoms with E-state index < -0.39 is 0 Å². The van der Waals surface area contributed by atoms with Gasteiger partial charge in [0.15, 0.2) is 5.58 Å². The topological polar surface area (TPSA) is 81.5 Å². The number of furan rings is 1. The Hall–Kier alpha value is -3.06. The van der Waals surface area contributed by atoms with Gasteiger partial charge in [-0.05, 0) is 24.1 Å². The molecule has 0 saturated heterocycles. The van der Waals surface area contributed by atoms with Crippen molar-refractivity contribution in [2.45, 2.75) is 25.9 Å². The molecule has 0 saturated carbocycles. The van der Waals surface area contributed by atoms with Crippen LogP contribution in [0, 0.1) is 0 Å². The SMILES string of the molecule is O=C(CCCn1ncn2c(cc3occc32)c1=O)NCc1ccc(Cl)cc1. The van der Waals surface area contributed by atoms with E-state index >= 15 is 0 Å². The Bertz CT molecular complexity index is 1160. The zero-order valence-electron chi connectivity index (χ0n) is 14.4. The summed E-state index contributed by atoms with van der Waals surface area (Å²) in [6.45, 7) is 0.819. The van der Waals surface area contributed by atoms with E-state index in [1.807, 2.05) is 12.1 Å². The van der Waals surface area contributed by atoms with Crippen LogP contribution in [0.4, 0.5) is 0 Å². The van der Waals surface area contributed by atoms with E-state index in [0.29, 0.717) is 42.1 Å². The normalized spacial score (nSPS) is 11.3. The van der Waals surface area contributed by atoms with Crippen molar-refractivity contribution in [3.05, 3.63) is 69.9 Å². The number of carbonyl (C=O) groups excluding carboxylic acids is 1. The first-order valence-corrected chi connectivity index (χ1v) is 8.95. The van der Waals surface area contributed by atoms with Crippen molar-refractivity contribution >= 4 is 34.1 Å². The highest BCUT2D eigenvalue weighted by Gasteiger charge is 2.11. The molecule has 4 aromatic rings. The van der Waals surface area contributed by atoms with Gasteiger partial charge in [-0.1, -0.05) is 23.7 Å². The Morgan fingerprint density at radius 2 is 2.00 bits per heavy atom. The average Bonchev–Trinajstić information content (AvgIpc) is 3.25. The number of hydrogen-bond donors (Lipinski definition) is 1. The average molecular weight is 385 g/mol. The molecule has 0 bridgehead atoms. The third kappa shape index (κ3) is 3.59. The zero-order valence-corrected chi connectivity index (χ0v) is 15.1. The van der Waals surface area contributed by atoms with Gasteiger partial charge in [0.2, 0.25) is 5.91 Å². The van der Waals surface area contributed by atoms with Crippen molar-refractivity contribution in [2.24, 2.45) is 0 Å². The summed E-state index contributed by atoms with van der Waals surface area (Å²) in [5.41, 5.74) is 2.74. The quantitative estimate of drug-likeness (QED) is 0.554. The smallest absolute Gasteiger partial charge is 0.291 e. The molecule has 3 aromatic heterocycles. The van der Waals surface area contributed by atoms with Crippen molar-refractivity contribution in [3.8, 4) is 0 Å². The van der Waals surface area contributed by atoms with Crippen LogP contribution in [-0.4, -0.2) is 20.1 Å². The first-order chi connectivity index (χ1) is 13.1. The number of carbonyl (C=O) groups is 1. The molecule has 27 heavy (non-hydrogen) atoms. The fraction of sp³-hybridized carbons (Fsp3) is 0.211. The highest BCUT2D eigenvalue weighted by Crippen LogP contribution is 2.18. The highest BCUT2D eigenvalue weighted by molar-refractivity contribution is 6.30. The number of nitrogens with one attached hydrogen (secondary N) is 1. The molecule has 0 aliphatic heterocycles. The Kier molecular flexibility index (Phi) is 4.68. The minimum atomic E-state index is -0.203. The minimum Gasteiger partial charge on any atom is -0.463 e. The molecule has 8 heteroatoms. The second-order valence-electron chi connectivity index (χ2n) is 6.24. The first-order valence-electron chi connectivity index (χ1n) is 8.57. The fourth-order valence-electron chi connectivity index (χ4n) is 2.97. The largest absolute Gasteiger partial charge is 0.463 e. The van der Waals surface area contributed by atoms with E-state index in [2.05, 4.69) is 10.4 Å². The predicted molar refractivity (Wildman–Crippen MR) is 102 cm³/mol. The van der Waals surface area contributed by atoms with Gasteiger partial charge in [0.1, 0.15) is 11.8 Å². The lowest BCUT2D eigenvalue weighted by molar-refractivity contribution is -0.121. The monoisotopic (exact) mass is 384 g/mol. The lowest BCUT2D eigenvalue weighted by atomic mass is 10.2. The summed E-state index contributed by atoms with van der Waals surface area (Å²) in [5, 5.41) is 7.71. The number of aromatic nitrogens is 3. The lowest BCUT2D eigenvalue weighted by Gasteiger charge is -2.07. The summed E-state index contributed by atoms with van der Waals surface area (Å²) in [4.78, 5) is 24.5. The highest BCUT2D eigenvalue weighted by atomic mass is 35.5. The van der Waals surface area contributed by atoms with Crippen LogP contribution in [0.5, 0.6) is 0 Å². The summed E-state index contributed by atoms with van der Waals surface area (Å²) < 4.78 is 8.40. The van der Waals surface area contributed by atoms with Crippen LogP contribution >= 0.6 is 11.6 Å².